The Kier molecular flexibility index (Phi) is 5.49. The molecule has 0 radical (unpaired) electrons. The van der Waals surface area contributed by atoms with Gasteiger partial charge >= 0.3 is 0 Å². The summed E-state index contributed by atoms with van der Waals surface area (Å²) in [6.45, 7) is 10.6. The van der Waals surface area contributed by atoms with Crippen LogP contribution < -0.4 is 10.0 Å². The van der Waals surface area contributed by atoms with Gasteiger partial charge in [-0.25, -0.2) is 13.1 Å². The number of aliphatic imine (C=N–C) groups is 1. The molecule has 0 spiro atoms. The van der Waals surface area contributed by atoms with Crippen molar-refractivity contribution in [2.45, 2.75) is 45.5 Å². The molecule has 2 N–H and O–H groups in total. The molecule has 6 nitrogen and oxygen atoms in total. The summed E-state index contributed by atoms with van der Waals surface area (Å²) in [5.41, 5.74) is 2.08. The fourth-order valence-corrected chi connectivity index (χ4v) is 3.76. The lowest BCUT2D eigenvalue weighted by Gasteiger charge is -2.62. The average molecular weight is 367 g/mol. The maximum Gasteiger partial charge on any atom is 0.215 e. The van der Waals surface area contributed by atoms with Crippen molar-refractivity contribution in [3.8, 4) is 0 Å². The topological polar surface area (TPSA) is 73.8 Å². The first-order valence-electron chi connectivity index (χ1n) is 8.50. The highest BCUT2D eigenvalue weighted by Gasteiger charge is 2.53. The Bertz CT molecular complexity index is 754. The van der Waals surface area contributed by atoms with Gasteiger partial charge in [0.15, 0.2) is 5.96 Å². The van der Waals surface area contributed by atoms with Crippen LogP contribution in [0.4, 0.5) is 0 Å². The van der Waals surface area contributed by atoms with Crippen LogP contribution in [0.3, 0.4) is 0 Å². The van der Waals surface area contributed by atoms with Crippen LogP contribution >= 0.6 is 0 Å². The molecule has 140 valence electrons. The molecule has 2 rings (SSSR count). The Hall–Kier alpha value is -1.60. The van der Waals surface area contributed by atoms with Crippen molar-refractivity contribution in [2.75, 3.05) is 20.6 Å². The second-order valence-electron chi connectivity index (χ2n) is 7.71. The fraction of sp³-hybridized carbons (Fsp3) is 0.611. The van der Waals surface area contributed by atoms with Crippen LogP contribution in [-0.4, -0.2) is 45.5 Å². The quantitative estimate of drug-likeness (QED) is 0.617. The predicted molar refractivity (Wildman–Crippen MR) is 103 cm³/mol. The summed E-state index contributed by atoms with van der Waals surface area (Å²) in [6.07, 6.45) is 0. The molecule has 1 fully saturated rings. The van der Waals surface area contributed by atoms with E-state index in [0.29, 0.717) is 6.54 Å². The van der Waals surface area contributed by atoms with Gasteiger partial charge in [-0.05, 0) is 32.0 Å². The number of hydrogen-bond acceptors (Lipinski definition) is 3. The molecule has 0 unspecified atom stereocenters. The van der Waals surface area contributed by atoms with Crippen molar-refractivity contribution in [1.82, 2.24) is 14.9 Å². The molecule has 0 atom stereocenters. The minimum Gasteiger partial charge on any atom is -0.352 e. The van der Waals surface area contributed by atoms with Crippen LogP contribution in [0.2, 0.25) is 0 Å². The largest absolute Gasteiger partial charge is 0.352 e. The monoisotopic (exact) mass is 366 g/mol. The van der Waals surface area contributed by atoms with Crippen LogP contribution in [0, 0.1) is 5.41 Å². The molecule has 1 aromatic rings. The van der Waals surface area contributed by atoms with Gasteiger partial charge < -0.3 is 10.2 Å². The van der Waals surface area contributed by atoms with Crippen molar-refractivity contribution in [1.29, 1.82) is 0 Å². The molecule has 0 bridgehead atoms. The van der Waals surface area contributed by atoms with Gasteiger partial charge in [0, 0.05) is 31.1 Å². The normalized spacial score (nSPS) is 19.4. The van der Waals surface area contributed by atoms with E-state index in [2.05, 4.69) is 47.6 Å². The molecule has 25 heavy (non-hydrogen) atoms. The number of guanidine groups is 1. The second-order valence-corrected chi connectivity index (χ2v) is 9.64. The Balaban J connectivity index is 2.04. The van der Waals surface area contributed by atoms with E-state index in [4.69, 9.17) is 0 Å². The van der Waals surface area contributed by atoms with Crippen molar-refractivity contribution >= 4 is 16.0 Å². The molecule has 0 aliphatic carbocycles. The first kappa shape index (κ1) is 19.7. The van der Waals surface area contributed by atoms with Crippen molar-refractivity contribution in [2.24, 2.45) is 10.4 Å². The summed E-state index contributed by atoms with van der Waals surface area (Å²) < 4.78 is 25.8. The van der Waals surface area contributed by atoms with E-state index in [1.807, 2.05) is 24.3 Å². The molecule has 0 amide bonds. The highest BCUT2D eigenvalue weighted by molar-refractivity contribution is 7.88. The summed E-state index contributed by atoms with van der Waals surface area (Å²) >= 11 is 0. The molecule has 1 aliphatic rings. The standard InChI is InChI=1S/C18H30N4O2S/c1-17(2)13-22(18(17,3)4)16(19-5)21-11-14-8-7-9-15(10-14)12-25(23,24)20-6/h7-10,20H,11-13H2,1-6H3,(H,19,21). The van der Waals surface area contributed by atoms with Gasteiger partial charge in [-0.15, -0.1) is 0 Å². The Morgan fingerprint density at radius 1 is 1.24 bits per heavy atom. The maximum absolute atomic E-state index is 11.7. The number of hydrogen-bond donors (Lipinski definition) is 2. The van der Waals surface area contributed by atoms with Crippen molar-refractivity contribution < 1.29 is 8.42 Å². The van der Waals surface area contributed by atoms with E-state index in [9.17, 15) is 8.42 Å². The zero-order valence-electron chi connectivity index (χ0n) is 16.0. The second kappa shape index (κ2) is 6.96. The average Bonchev–Trinajstić information content (AvgIpc) is 2.54. The summed E-state index contributed by atoms with van der Waals surface area (Å²) in [5.74, 6) is 0.858. The van der Waals surface area contributed by atoms with Crippen LogP contribution in [0.25, 0.3) is 0 Å². The summed E-state index contributed by atoms with van der Waals surface area (Å²) in [6, 6.07) is 7.62. The SMILES string of the molecule is CN=C(NCc1cccc(CS(=O)(=O)NC)c1)N1CC(C)(C)C1(C)C. The van der Waals surface area contributed by atoms with Crippen molar-refractivity contribution in [3.05, 3.63) is 35.4 Å². The zero-order valence-corrected chi connectivity index (χ0v) is 16.9. The lowest BCUT2D eigenvalue weighted by atomic mass is 9.65. The van der Waals surface area contributed by atoms with Gasteiger partial charge in [-0.2, -0.15) is 0 Å². The van der Waals surface area contributed by atoms with E-state index in [-0.39, 0.29) is 16.7 Å². The van der Waals surface area contributed by atoms with Gasteiger partial charge in [-0.1, -0.05) is 38.1 Å². The molecular formula is C18H30N4O2S. The molecule has 0 saturated carbocycles. The summed E-state index contributed by atoms with van der Waals surface area (Å²) in [5, 5.41) is 3.40. The molecular weight excluding hydrogens is 336 g/mol. The van der Waals surface area contributed by atoms with Crippen LogP contribution in [0.1, 0.15) is 38.8 Å². The van der Waals surface area contributed by atoms with Crippen LogP contribution in [0.5, 0.6) is 0 Å². The molecule has 1 aliphatic heterocycles. The number of likely N-dealkylation sites (tertiary alicyclic amines) is 1. The fourth-order valence-electron chi connectivity index (χ4n) is 3.00. The number of rotatable bonds is 5. The van der Waals surface area contributed by atoms with E-state index in [1.165, 1.54) is 7.05 Å². The minimum atomic E-state index is -3.26. The summed E-state index contributed by atoms with van der Waals surface area (Å²) in [4.78, 5) is 6.69. The zero-order chi connectivity index (χ0) is 18.9. The van der Waals surface area contributed by atoms with Crippen molar-refractivity contribution in [3.63, 3.8) is 0 Å². The molecule has 0 aromatic heterocycles. The maximum atomic E-state index is 11.7. The smallest absolute Gasteiger partial charge is 0.215 e. The first-order valence-corrected chi connectivity index (χ1v) is 10.1. The molecule has 1 aromatic carbocycles. The Morgan fingerprint density at radius 2 is 1.88 bits per heavy atom. The number of benzene rings is 1. The number of nitrogens with zero attached hydrogens (tertiary/aromatic N) is 2. The number of sulfonamides is 1. The van der Waals surface area contributed by atoms with Gasteiger partial charge in [-0.3, -0.25) is 4.99 Å². The number of nitrogens with one attached hydrogen (secondary N) is 2. The highest BCUT2D eigenvalue weighted by atomic mass is 32.2. The molecule has 7 heteroatoms. The molecule has 1 saturated heterocycles. The predicted octanol–water partition coefficient (Wildman–Crippen LogP) is 1.93. The van der Waals surface area contributed by atoms with Crippen LogP contribution in [-0.2, 0) is 22.3 Å². The first-order chi connectivity index (χ1) is 11.5. The lowest BCUT2D eigenvalue weighted by molar-refractivity contribution is -0.0667. The van der Waals surface area contributed by atoms with Gasteiger partial charge in [0.25, 0.3) is 0 Å². The van der Waals surface area contributed by atoms with E-state index >= 15 is 0 Å². The van der Waals surface area contributed by atoms with Crippen LogP contribution in [0.15, 0.2) is 29.3 Å². The Morgan fingerprint density at radius 3 is 2.40 bits per heavy atom. The lowest BCUT2D eigenvalue weighted by Crippen LogP contribution is -2.72. The Labute approximate surface area is 151 Å². The van der Waals surface area contributed by atoms with E-state index in [1.54, 1.807) is 7.05 Å². The summed E-state index contributed by atoms with van der Waals surface area (Å²) in [7, 11) is -0.0413. The third-order valence-corrected chi connectivity index (χ3v) is 6.80. The minimum absolute atomic E-state index is 0.0145. The van der Waals surface area contributed by atoms with E-state index < -0.39 is 10.0 Å². The third kappa shape index (κ3) is 4.15. The highest BCUT2D eigenvalue weighted by Crippen LogP contribution is 2.46. The van der Waals surface area contributed by atoms with Gasteiger partial charge in [0.2, 0.25) is 10.0 Å². The van der Waals surface area contributed by atoms with Gasteiger partial charge in [0.05, 0.1) is 5.75 Å². The molecule has 1 heterocycles. The van der Waals surface area contributed by atoms with Gasteiger partial charge in [0.1, 0.15) is 0 Å². The third-order valence-electron chi connectivity index (χ3n) is 5.46. The van der Waals surface area contributed by atoms with E-state index in [0.717, 1.165) is 23.6 Å².